The Labute approximate surface area is 112 Å². The van der Waals surface area contributed by atoms with E-state index in [1.165, 1.54) is 6.07 Å². The summed E-state index contributed by atoms with van der Waals surface area (Å²) in [5, 5.41) is 12.1. The van der Waals surface area contributed by atoms with Gasteiger partial charge in [0.15, 0.2) is 0 Å². The maximum absolute atomic E-state index is 13.3. The van der Waals surface area contributed by atoms with Gasteiger partial charge in [0.25, 0.3) is 0 Å². The third-order valence-electron chi connectivity index (χ3n) is 3.11. The van der Waals surface area contributed by atoms with Crippen molar-refractivity contribution in [2.24, 2.45) is 5.41 Å². The number of rotatable bonds is 5. The zero-order chi connectivity index (χ0) is 14.6. The van der Waals surface area contributed by atoms with E-state index in [1.54, 1.807) is 12.1 Å². The number of benzene rings is 1. The molecule has 1 aromatic carbocycles. The van der Waals surface area contributed by atoms with Crippen molar-refractivity contribution in [2.75, 3.05) is 5.73 Å². The standard InChI is InChI=1S/C14H21FN2O2/c1-14(2,3)11(7-12(18)19)17-8-9-5-4-6-10(15)13(9)16/h4-6,11,17H,7-8,16H2,1-3H3,(H,18,19). The van der Waals surface area contributed by atoms with Crippen LogP contribution in [0.3, 0.4) is 0 Å². The zero-order valence-corrected chi connectivity index (χ0v) is 11.5. The summed E-state index contributed by atoms with van der Waals surface area (Å²) in [6.45, 7) is 6.23. The molecule has 1 unspecified atom stereocenters. The SMILES string of the molecule is CC(C)(C)C(CC(=O)O)NCc1cccc(F)c1N. The van der Waals surface area contributed by atoms with Crippen LogP contribution in [0, 0.1) is 11.2 Å². The molecule has 5 heteroatoms. The van der Waals surface area contributed by atoms with Crippen LogP contribution in [0.1, 0.15) is 32.8 Å². The largest absolute Gasteiger partial charge is 0.481 e. The van der Waals surface area contributed by atoms with E-state index in [1.807, 2.05) is 20.8 Å². The Balaban J connectivity index is 2.76. The van der Waals surface area contributed by atoms with Crippen molar-refractivity contribution in [2.45, 2.75) is 39.8 Å². The molecule has 0 aromatic heterocycles. The Kier molecular flexibility index (Phi) is 4.89. The number of para-hydroxylation sites is 1. The highest BCUT2D eigenvalue weighted by atomic mass is 19.1. The number of carboxylic acid groups (broad SMARTS) is 1. The molecule has 106 valence electrons. The van der Waals surface area contributed by atoms with E-state index in [4.69, 9.17) is 10.8 Å². The molecule has 0 aliphatic heterocycles. The summed E-state index contributed by atoms with van der Waals surface area (Å²) < 4.78 is 13.3. The molecule has 0 fully saturated rings. The van der Waals surface area contributed by atoms with Gasteiger partial charge in [-0.15, -0.1) is 0 Å². The number of halogens is 1. The number of carbonyl (C=O) groups is 1. The molecule has 0 spiro atoms. The molecule has 0 amide bonds. The predicted molar refractivity (Wildman–Crippen MR) is 73.1 cm³/mol. The Morgan fingerprint density at radius 3 is 2.63 bits per heavy atom. The summed E-state index contributed by atoms with van der Waals surface area (Å²) in [6, 6.07) is 4.41. The van der Waals surface area contributed by atoms with Gasteiger partial charge in [0, 0.05) is 12.6 Å². The van der Waals surface area contributed by atoms with Gasteiger partial charge in [0.1, 0.15) is 5.82 Å². The van der Waals surface area contributed by atoms with E-state index >= 15 is 0 Å². The number of carboxylic acids is 1. The fraction of sp³-hybridized carbons (Fsp3) is 0.500. The van der Waals surface area contributed by atoms with E-state index in [2.05, 4.69) is 5.32 Å². The molecule has 0 saturated heterocycles. The Hall–Kier alpha value is -1.62. The van der Waals surface area contributed by atoms with Gasteiger partial charge in [-0.1, -0.05) is 32.9 Å². The smallest absolute Gasteiger partial charge is 0.304 e. The van der Waals surface area contributed by atoms with Gasteiger partial charge in [-0.05, 0) is 17.0 Å². The summed E-state index contributed by atoms with van der Waals surface area (Å²) >= 11 is 0. The van der Waals surface area contributed by atoms with Crippen molar-refractivity contribution in [1.82, 2.24) is 5.32 Å². The number of nitrogens with two attached hydrogens (primary N) is 1. The predicted octanol–water partition coefficient (Wildman–Crippen LogP) is 2.39. The van der Waals surface area contributed by atoms with Crippen molar-refractivity contribution in [3.8, 4) is 0 Å². The molecule has 0 bridgehead atoms. The van der Waals surface area contributed by atoms with Gasteiger partial charge in [0.05, 0.1) is 12.1 Å². The fourth-order valence-corrected chi connectivity index (χ4v) is 1.83. The molecule has 1 aromatic rings. The van der Waals surface area contributed by atoms with Gasteiger partial charge in [-0.25, -0.2) is 4.39 Å². The molecule has 0 radical (unpaired) electrons. The van der Waals surface area contributed by atoms with E-state index in [0.717, 1.165) is 0 Å². The minimum absolute atomic E-state index is 0.0126. The number of hydrogen-bond acceptors (Lipinski definition) is 3. The first-order valence-electron chi connectivity index (χ1n) is 6.20. The quantitative estimate of drug-likeness (QED) is 0.717. The Bertz CT molecular complexity index is 455. The average molecular weight is 268 g/mol. The number of nitrogen functional groups attached to an aromatic ring is 1. The first-order chi connectivity index (χ1) is 8.71. The van der Waals surface area contributed by atoms with E-state index in [9.17, 15) is 9.18 Å². The van der Waals surface area contributed by atoms with Crippen LogP contribution in [0.25, 0.3) is 0 Å². The average Bonchev–Trinajstić information content (AvgIpc) is 2.27. The lowest BCUT2D eigenvalue weighted by Crippen LogP contribution is -2.41. The lowest BCUT2D eigenvalue weighted by molar-refractivity contribution is -0.138. The monoisotopic (exact) mass is 268 g/mol. The topological polar surface area (TPSA) is 75.3 Å². The first-order valence-corrected chi connectivity index (χ1v) is 6.20. The molecule has 4 N–H and O–H groups in total. The summed E-state index contributed by atoms with van der Waals surface area (Å²) in [4.78, 5) is 10.9. The van der Waals surface area contributed by atoms with Gasteiger partial charge >= 0.3 is 5.97 Å². The van der Waals surface area contributed by atoms with Gasteiger partial charge in [0.2, 0.25) is 0 Å². The second-order valence-corrected chi connectivity index (χ2v) is 5.71. The Morgan fingerprint density at radius 2 is 2.11 bits per heavy atom. The Morgan fingerprint density at radius 1 is 1.47 bits per heavy atom. The minimum atomic E-state index is -0.861. The van der Waals surface area contributed by atoms with Crippen LogP contribution in [0.15, 0.2) is 18.2 Å². The van der Waals surface area contributed by atoms with Crippen molar-refractivity contribution in [3.63, 3.8) is 0 Å². The van der Waals surface area contributed by atoms with E-state index in [-0.39, 0.29) is 23.6 Å². The second-order valence-electron chi connectivity index (χ2n) is 5.71. The molecule has 0 aliphatic carbocycles. The van der Waals surface area contributed by atoms with Gasteiger partial charge < -0.3 is 16.2 Å². The summed E-state index contributed by atoms with van der Waals surface area (Å²) in [5.74, 6) is -1.32. The molecule has 0 saturated carbocycles. The van der Waals surface area contributed by atoms with Crippen molar-refractivity contribution in [3.05, 3.63) is 29.6 Å². The number of anilines is 1. The number of nitrogens with one attached hydrogen (secondary N) is 1. The molecule has 1 atom stereocenters. The first kappa shape index (κ1) is 15.4. The summed E-state index contributed by atoms with van der Waals surface area (Å²) in [5.41, 5.74) is 6.19. The van der Waals surface area contributed by atoms with Crippen LogP contribution in [0.4, 0.5) is 10.1 Å². The highest BCUT2D eigenvalue weighted by molar-refractivity contribution is 5.67. The molecule has 0 heterocycles. The minimum Gasteiger partial charge on any atom is -0.481 e. The van der Waals surface area contributed by atoms with Crippen LogP contribution in [0.5, 0.6) is 0 Å². The number of aliphatic carboxylic acids is 1. The van der Waals surface area contributed by atoms with Crippen LogP contribution in [0.2, 0.25) is 0 Å². The van der Waals surface area contributed by atoms with E-state index in [0.29, 0.717) is 12.1 Å². The van der Waals surface area contributed by atoms with Crippen molar-refractivity contribution >= 4 is 11.7 Å². The van der Waals surface area contributed by atoms with Crippen LogP contribution in [-0.2, 0) is 11.3 Å². The van der Waals surface area contributed by atoms with Gasteiger partial charge in [-0.2, -0.15) is 0 Å². The summed E-state index contributed by atoms with van der Waals surface area (Å²) in [7, 11) is 0. The molecular formula is C14H21FN2O2. The summed E-state index contributed by atoms with van der Waals surface area (Å²) in [6.07, 6.45) is 0.0126. The lowest BCUT2D eigenvalue weighted by Gasteiger charge is -2.30. The lowest BCUT2D eigenvalue weighted by atomic mass is 9.84. The fourth-order valence-electron chi connectivity index (χ4n) is 1.83. The van der Waals surface area contributed by atoms with E-state index < -0.39 is 11.8 Å². The van der Waals surface area contributed by atoms with Crippen molar-refractivity contribution < 1.29 is 14.3 Å². The van der Waals surface area contributed by atoms with Crippen LogP contribution < -0.4 is 11.1 Å². The normalized spacial score (nSPS) is 13.3. The zero-order valence-electron chi connectivity index (χ0n) is 11.5. The number of hydrogen-bond donors (Lipinski definition) is 3. The highest BCUT2D eigenvalue weighted by Gasteiger charge is 2.26. The molecule has 19 heavy (non-hydrogen) atoms. The van der Waals surface area contributed by atoms with Gasteiger partial charge in [-0.3, -0.25) is 4.79 Å². The third kappa shape index (κ3) is 4.52. The molecular weight excluding hydrogens is 247 g/mol. The van der Waals surface area contributed by atoms with Crippen LogP contribution >= 0.6 is 0 Å². The van der Waals surface area contributed by atoms with Crippen LogP contribution in [-0.4, -0.2) is 17.1 Å². The molecule has 1 rings (SSSR count). The van der Waals surface area contributed by atoms with Crippen molar-refractivity contribution in [1.29, 1.82) is 0 Å². The second kappa shape index (κ2) is 6.02. The maximum atomic E-state index is 13.3. The highest BCUT2D eigenvalue weighted by Crippen LogP contribution is 2.23. The molecule has 4 nitrogen and oxygen atoms in total. The molecule has 0 aliphatic rings. The third-order valence-corrected chi connectivity index (χ3v) is 3.11. The maximum Gasteiger partial charge on any atom is 0.304 e.